The van der Waals surface area contributed by atoms with Crippen LogP contribution in [-0.2, 0) is 9.59 Å². The van der Waals surface area contributed by atoms with Crippen LogP contribution in [-0.4, -0.2) is 35.0 Å². The Kier molecular flexibility index (Phi) is 5.23. The minimum absolute atomic E-state index is 0.156. The molecule has 1 N–H and O–H groups in total. The lowest BCUT2D eigenvalue weighted by Gasteiger charge is -2.30. The molecule has 4 nitrogen and oxygen atoms in total. The molecule has 2 aliphatic rings. The fourth-order valence-electron chi connectivity index (χ4n) is 3.40. The summed E-state index contributed by atoms with van der Waals surface area (Å²) >= 11 is 0. The first-order valence-electron chi connectivity index (χ1n) is 7.67. The number of amides is 1. The van der Waals surface area contributed by atoms with Crippen LogP contribution in [0.5, 0.6) is 0 Å². The Bertz CT molecular complexity index is 323. The van der Waals surface area contributed by atoms with Crippen molar-refractivity contribution in [3.8, 4) is 0 Å². The Morgan fingerprint density at radius 2 is 1.84 bits per heavy atom. The maximum absolute atomic E-state index is 12.1. The second kappa shape index (κ2) is 6.92. The number of aliphatic carboxylic acids is 1. The van der Waals surface area contributed by atoms with E-state index in [1.165, 1.54) is 32.1 Å². The Hall–Kier alpha value is -1.06. The van der Waals surface area contributed by atoms with Crippen LogP contribution in [0.1, 0.15) is 57.8 Å². The lowest BCUT2D eigenvalue weighted by Crippen LogP contribution is -2.42. The highest BCUT2D eigenvalue weighted by Crippen LogP contribution is 2.29. The normalized spacial score (nSPS) is 24.6. The molecule has 1 atom stereocenters. The lowest BCUT2D eigenvalue weighted by atomic mass is 9.97. The number of nitrogens with zero attached hydrogens (tertiary/aromatic N) is 1. The van der Waals surface area contributed by atoms with Gasteiger partial charge in [0.25, 0.3) is 0 Å². The third-order valence-electron chi connectivity index (χ3n) is 4.60. The molecule has 19 heavy (non-hydrogen) atoms. The first-order chi connectivity index (χ1) is 9.16. The van der Waals surface area contributed by atoms with Crippen LogP contribution < -0.4 is 0 Å². The van der Waals surface area contributed by atoms with Gasteiger partial charge in [-0.25, -0.2) is 0 Å². The summed E-state index contributed by atoms with van der Waals surface area (Å²) in [5, 5.41) is 9.02. The van der Waals surface area contributed by atoms with Crippen LogP contribution in [0.3, 0.4) is 0 Å². The number of carbonyl (C=O) groups is 2. The van der Waals surface area contributed by atoms with Crippen molar-refractivity contribution in [2.24, 2.45) is 11.8 Å². The summed E-state index contributed by atoms with van der Waals surface area (Å²) in [7, 11) is 0. The maximum atomic E-state index is 12.1. The Morgan fingerprint density at radius 1 is 1.11 bits per heavy atom. The predicted molar refractivity (Wildman–Crippen MR) is 72.7 cm³/mol. The average molecular weight is 267 g/mol. The van der Waals surface area contributed by atoms with Crippen LogP contribution in [0.2, 0.25) is 0 Å². The molecule has 2 fully saturated rings. The second-order valence-electron chi connectivity index (χ2n) is 6.06. The fraction of sp³-hybridized carbons (Fsp3) is 0.867. The number of carboxylic acid groups (broad SMARTS) is 1. The first-order valence-corrected chi connectivity index (χ1v) is 7.67. The molecule has 0 aromatic heterocycles. The zero-order valence-electron chi connectivity index (χ0n) is 11.6. The maximum Gasteiger partial charge on any atom is 0.308 e. The monoisotopic (exact) mass is 267 g/mol. The van der Waals surface area contributed by atoms with E-state index in [1.807, 2.05) is 0 Å². The van der Waals surface area contributed by atoms with Crippen molar-refractivity contribution in [2.45, 2.75) is 57.8 Å². The highest BCUT2D eigenvalue weighted by atomic mass is 16.4. The van der Waals surface area contributed by atoms with Crippen molar-refractivity contribution in [1.29, 1.82) is 0 Å². The molecule has 1 unspecified atom stereocenters. The zero-order valence-corrected chi connectivity index (χ0v) is 11.6. The SMILES string of the molecule is O=C(O)C1CCCN(C(=O)CCCC2CCCC2)C1. The standard InChI is InChI=1S/C15H25NO3/c17-14(9-3-7-12-5-1-2-6-12)16-10-4-8-13(11-16)15(18)19/h12-13H,1-11H2,(H,18,19). The van der Waals surface area contributed by atoms with Gasteiger partial charge in [-0.1, -0.05) is 25.7 Å². The van der Waals surface area contributed by atoms with E-state index in [-0.39, 0.29) is 11.8 Å². The van der Waals surface area contributed by atoms with Gasteiger partial charge in [-0.15, -0.1) is 0 Å². The number of piperidine rings is 1. The van der Waals surface area contributed by atoms with Gasteiger partial charge < -0.3 is 10.0 Å². The second-order valence-corrected chi connectivity index (χ2v) is 6.06. The van der Waals surface area contributed by atoms with Crippen molar-refractivity contribution in [2.75, 3.05) is 13.1 Å². The minimum Gasteiger partial charge on any atom is -0.481 e. The third kappa shape index (κ3) is 4.22. The summed E-state index contributed by atoms with van der Waals surface area (Å²) in [6.45, 7) is 1.16. The number of carbonyl (C=O) groups excluding carboxylic acids is 1. The van der Waals surface area contributed by atoms with Crippen molar-refractivity contribution in [3.05, 3.63) is 0 Å². The first kappa shape index (κ1) is 14.4. The zero-order chi connectivity index (χ0) is 13.7. The van der Waals surface area contributed by atoms with Crippen molar-refractivity contribution < 1.29 is 14.7 Å². The molecule has 0 spiro atoms. The molecule has 1 heterocycles. The number of likely N-dealkylation sites (tertiary alicyclic amines) is 1. The Morgan fingerprint density at radius 3 is 2.53 bits per heavy atom. The van der Waals surface area contributed by atoms with Crippen LogP contribution >= 0.6 is 0 Å². The molecule has 1 saturated heterocycles. The van der Waals surface area contributed by atoms with E-state index in [2.05, 4.69) is 0 Å². The van der Waals surface area contributed by atoms with Crippen LogP contribution in [0, 0.1) is 11.8 Å². The molecule has 1 aliphatic carbocycles. The number of hydrogen-bond acceptors (Lipinski definition) is 2. The van der Waals surface area contributed by atoms with Crippen LogP contribution in [0.25, 0.3) is 0 Å². The van der Waals surface area contributed by atoms with E-state index in [1.54, 1.807) is 4.90 Å². The number of hydrogen-bond donors (Lipinski definition) is 1. The van der Waals surface area contributed by atoms with Crippen molar-refractivity contribution in [1.82, 2.24) is 4.90 Å². The highest BCUT2D eigenvalue weighted by Gasteiger charge is 2.27. The summed E-state index contributed by atoms with van der Waals surface area (Å²) in [6.07, 6.45) is 9.64. The minimum atomic E-state index is -0.761. The third-order valence-corrected chi connectivity index (χ3v) is 4.60. The molecule has 0 bridgehead atoms. The van der Waals surface area contributed by atoms with E-state index in [4.69, 9.17) is 5.11 Å². The van der Waals surface area contributed by atoms with Gasteiger partial charge >= 0.3 is 5.97 Å². The Balaban J connectivity index is 1.68. The fourth-order valence-corrected chi connectivity index (χ4v) is 3.40. The molecular formula is C15H25NO3. The topological polar surface area (TPSA) is 57.6 Å². The molecule has 1 amide bonds. The van der Waals surface area contributed by atoms with Gasteiger partial charge in [0.05, 0.1) is 5.92 Å². The van der Waals surface area contributed by atoms with E-state index in [9.17, 15) is 9.59 Å². The van der Waals surface area contributed by atoms with Crippen molar-refractivity contribution >= 4 is 11.9 Å². The van der Waals surface area contributed by atoms with E-state index >= 15 is 0 Å². The summed E-state index contributed by atoms with van der Waals surface area (Å²) in [5.41, 5.74) is 0. The summed E-state index contributed by atoms with van der Waals surface area (Å²) < 4.78 is 0. The largest absolute Gasteiger partial charge is 0.481 e. The van der Waals surface area contributed by atoms with Crippen LogP contribution in [0.4, 0.5) is 0 Å². The van der Waals surface area contributed by atoms with Gasteiger partial charge in [0.1, 0.15) is 0 Å². The summed E-state index contributed by atoms with van der Waals surface area (Å²) in [6, 6.07) is 0. The summed E-state index contributed by atoms with van der Waals surface area (Å²) in [5.74, 6) is -0.124. The highest BCUT2D eigenvalue weighted by molar-refractivity contribution is 5.78. The quantitative estimate of drug-likeness (QED) is 0.833. The van der Waals surface area contributed by atoms with Gasteiger partial charge in [-0.2, -0.15) is 0 Å². The molecule has 4 heteroatoms. The van der Waals surface area contributed by atoms with Gasteiger partial charge in [0.15, 0.2) is 0 Å². The van der Waals surface area contributed by atoms with Gasteiger partial charge in [-0.05, 0) is 31.6 Å². The lowest BCUT2D eigenvalue weighted by molar-refractivity contribution is -0.145. The van der Waals surface area contributed by atoms with Gasteiger partial charge in [-0.3, -0.25) is 9.59 Å². The smallest absolute Gasteiger partial charge is 0.308 e. The summed E-state index contributed by atoms with van der Waals surface area (Å²) in [4.78, 5) is 24.8. The molecule has 0 aromatic carbocycles. The molecule has 0 radical (unpaired) electrons. The number of carboxylic acids is 1. The molecule has 1 aliphatic heterocycles. The Labute approximate surface area is 115 Å². The predicted octanol–water partition coefficient (Wildman–Crippen LogP) is 2.67. The van der Waals surface area contributed by atoms with Crippen molar-refractivity contribution in [3.63, 3.8) is 0 Å². The van der Waals surface area contributed by atoms with E-state index in [0.29, 0.717) is 19.4 Å². The molecule has 1 saturated carbocycles. The van der Waals surface area contributed by atoms with E-state index in [0.717, 1.165) is 25.3 Å². The molecule has 0 aromatic rings. The van der Waals surface area contributed by atoms with E-state index < -0.39 is 5.97 Å². The molecular weight excluding hydrogens is 242 g/mol. The number of rotatable bonds is 5. The van der Waals surface area contributed by atoms with Gasteiger partial charge in [0.2, 0.25) is 5.91 Å². The molecule has 2 rings (SSSR count). The van der Waals surface area contributed by atoms with Gasteiger partial charge in [0, 0.05) is 19.5 Å². The average Bonchev–Trinajstić information content (AvgIpc) is 2.92. The van der Waals surface area contributed by atoms with Crippen LogP contribution in [0.15, 0.2) is 0 Å². The molecule has 108 valence electrons.